The second-order valence-electron chi connectivity index (χ2n) is 19.5. The molecule has 0 aromatic heterocycles. The molecule has 2 aromatic rings. The molecule has 336 valence electrons. The van der Waals surface area contributed by atoms with E-state index >= 15 is 0 Å². The average Bonchev–Trinajstić information content (AvgIpc) is 3.23. The van der Waals surface area contributed by atoms with Crippen molar-refractivity contribution in [3.05, 3.63) is 70.8 Å². The third-order valence-electron chi connectivity index (χ3n) is 13.0. The smallest absolute Gasteiger partial charge is 0.0940 e. The van der Waals surface area contributed by atoms with Gasteiger partial charge in [0.1, 0.15) is 0 Å². The van der Waals surface area contributed by atoms with Crippen LogP contribution in [0.25, 0.3) is 0 Å². The number of fused-ring (bicyclic) bond motifs is 2. The molecule has 5 nitrogen and oxygen atoms in total. The van der Waals surface area contributed by atoms with Crippen LogP contribution in [0.2, 0.25) is 0 Å². The summed E-state index contributed by atoms with van der Waals surface area (Å²) in [4.78, 5) is 5.20. The summed E-state index contributed by atoms with van der Waals surface area (Å²) in [7, 11) is 0. The summed E-state index contributed by atoms with van der Waals surface area (Å²) in [6.45, 7) is 18.3. The fourth-order valence-corrected chi connectivity index (χ4v) is 9.31. The van der Waals surface area contributed by atoms with E-state index in [1.807, 2.05) is 0 Å². The molecule has 0 radical (unpaired) electrons. The minimum Gasteiger partial charge on any atom is -0.379 e. The van der Waals surface area contributed by atoms with E-state index in [0.29, 0.717) is 13.2 Å². The maximum Gasteiger partial charge on any atom is 0.0940 e. The first-order valence-corrected chi connectivity index (χ1v) is 25.4. The maximum absolute atomic E-state index is 7.14. The van der Waals surface area contributed by atoms with Gasteiger partial charge in [0, 0.05) is 52.5 Å². The molecule has 2 unspecified atom stereocenters. The quantitative estimate of drug-likeness (QED) is 0.0640. The normalized spacial score (nSPS) is 15.8. The lowest BCUT2D eigenvalue weighted by Crippen LogP contribution is -2.45. The van der Waals surface area contributed by atoms with E-state index in [1.165, 1.54) is 151 Å². The van der Waals surface area contributed by atoms with Gasteiger partial charge in [-0.15, -0.1) is 0 Å². The number of ether oxygens (including phenoxy) is 3. The second kappa shape index (κ2) is 32.0. The summed E-state index contributed by atoms with van der Waals surface area (Å²) in [6.07, 6.45) is 32.3. The van der Waals surface area contributed by atoms with Gasteiger partial charge < -0.3 is 14.2 Å². The highest BCUT2D eigenvalue weighted by molar-refractivity contribution is 5.30. The molecule has 0 aliphatic carbocycles. The summed E-state index contributed by atoms with van der Waals surface area (Å²) in [5.74, 6) is 1.71. The van der Waals surface area contributed by atoms with Crippen molar-refractivity contribution < 1.29 is 14.2 Å². The van der Waals surface area contributed by atoms with E-state index in [9.17, 15) is 0 Å². The number of rotatable bonds is 36. The third-order valence-corrected chi connectivity index (χ3v) is 13.0. The van der Waals surface area contributed by atoms with Gasteiger partial charge in [-0.05, 0) is 59.8 Å². The Morgan fingerprint density at radius 2 is 0.746 bits per heavy atom. The largest absolute Gasteiger partial charge is 0.379 e. The zero-order valence-corrected chi connectivity index (χ0v) is 39.1. The first kappa shape index (κ1) is 49.9. The summed E-state index contributed by atoms with van der Waals surface area (Å²) in [5.41, 5.74) is 5.94. The zero-order chi connectivity index (χ0) is 41.6. The lowest BCUT2D eigenvalue weighted by atomic mass is 9.99. The van der Waals surface area contributed by atoms with Crippen molar-refractivity contribution in [3.8, 4) is 0 Å². The highest BCUT2D eigenvalue weighted by atomic mass is 16.6. The van der Waals surface area contributed by atoms with Crippen molar-refractivity contribution in [2.24, 2.45) is 11.8 Å². The minimum absolute atomic E-state index is 0.0293. The molecule has 0 N–H and O–H groups in total. The summed E-state index contributed by atoms with van der Waals surface area (Å²) in [5, 5.41) is 0. The molecule has 0 saturated heterocycles. The van der Waals surface area contributed by atoms with Gasteiger partial charge in [0.2, 0.25) is 0 Å². The van der Waals surface area contributed by atoms with Crippen LogP contribution in [0.5, 0.6) is 0 Å². The lowest BCUT2D eigenvalue weighted by molar-refractivity contribution is -0.105. The van der Waals surface area contributed by atoms with Crippen LogP contribution in [0, 0.1) is 11.8 Å². The van der Waals surface area contributed by atoms with E-state index < -0.39 is 0 Å². The Labute approximate surface area is 365 Å². The van der Waals surface area contributed by atoms with Crippen LogP contribution < -0.4 is 0 Å². The molecule has 0 fully saturated rings. The zero-order valence-electron chi connectivity index (χ0n) is 39.1. The van der Waals surface area contributed by atoms with Gasteiger partial charge in [0.15, 0.2) is 0 Å². The first-order valence-electron chi connectivity index (χ1n) is 25.4. The fourth-order valence-electron chi connectivity index (χ4n) is 9.31. The topological polar surface area (TPSA) is 34.2 Å². The molecule has 0 saturated carbocycles. The first-order chi connectivity index (χ1) is 29.0. The number of benzene rings is 2. The molecule has 2 heterocycles. The summed E-state index contributed by atoms with van der Waals surface area (Å²) < 4.78 is 20.1. The second-order valence-corrected chi connectivity index (χ2v) is 19.5. The third kappa shape index (κ3) is 23.3. The average molecular weight is 817 g/mol. The highest BCUT2D eigenvalue weighted by Crippen LogP contribution is 2.22. The highest BCUT2D eigenvalue weighted by Gasteiger charge is 2.26. The van der Waals surface area contributed by atoms with Crippen molar-refractivity contribution in [2.75, 3.05) is 52.6 Å². The van der Waals surface area contributed by atoms with Gasteiger partial charge in [-0.25, -0.2) is 0 Å². The summed E-state index contributed by atoms with van der Waals surface area (Å²) >= 11 is 0. The Bertz CT molecular complexity index is 1200. The van der Waals surface area contributed by atoms with Crippen LogP contribution >= 0.6 is 0 Å². The van der Waals surface area contributed by atoms with Crippen molar-refractivity contribution in [1.29, 1.82) is 0 Å². The lowest BCUT2D eigenvalue weighted by Gasteiger charge is -2.36. The molecule has 2 aliphatic heterocycles. The number of hydrogen-bond donors (Lipinski definition) is 0. The van der Waals surface area contributed by atoms with E-state index in [2.05, 4.69) is 86.0 Å². The molecule has 5 heteroatoms. The van der Waals surface area contributed by atoms with Crippen LogP contribution in [0.4, 0.5) is 0 Å². The predicted molar refractivity (Wildman–Crippen MR) is 252 cm³/mol. The Kier molecular flexibility index (Phi) is 27.1. The van der Waals surface area contributed by atoms with Crippen molar-refractivity contribution >= 4 is 0 Å². The molecule has 2 aromatic carbocycles. The van der Waals surface area contributed by atoms with Crippen LogP contribution in [0.3, 0.4) is 0 Å². The van der Waals surface area contributed by atoms with Crippen molar-refractivity contribution in [1.82, 2.24) is 9.80 Å². The van der Waals surface area contributed by atoms with E-state index in [1.54, 1.807) is 0 Å². The number of nitrogens with zero attached hydrogens (tertiary/aromatic N) is 2. The molecule has 2 aliphatic rings. The van der Waals surface area contributed by atoms with Crippen LogP contribution in [0.15, 0.2) is 48.5 Å². The maximum atomic E-state index is 7.14. The standard InChI is InChI=1S/C54H92N2O3/c1-47(2)29-21-17-13-9-5-7-11-15-19-27-39-57-45-53(43-55-37-35-49-31-23-25-33-51(49)41-55)59-54(44-56-38-36-50-32-24-26-34-52(50)42-56)46-58-40-28-20-16-12-8-6-10-14-18-22-30-48(3)4/h23-26,31-34,47-48,53-54H,5-22,27-30,35-46H2,1-4H3. The predicted octanol–water partition coefficient (Wildman–Crippen LogP) is 13.8. The molecule has 0 spiro atoms. The summed E-state index contributed by atoms with van der Waals surface area (Å²) in [6, 6.07) is 18.0. The van der Waals surface area contributed by atoms with Gasteiger partial charge in [-0.3, -0.25) is 9.80 Å². The Morgan fingerprint density at radius 1 is 0.424 bits per heavy atom. The SMILES string of the molecule is CC(C)CCCCCCCCCCCCOCC(CN1CCc2ccccc2C1)OC(COCCCCCCCCCCCCC(C)C)CN1CCc2ccccc2C1. The Morgan fingerprint density at radius 3 is 1.10 bits per heavy atom. The molecule has 4 rings (SSSR count). The molecule has 2 atom stereocenters. The van der Waals surface area contributed by atoms with Gasteiger partial charge >= 0.3 is 0 Å². The molecular formula is C54H92N2O3. The van der Waals surface area contributed by atoms with E-state index in [0.717, 1.165) is 90.0 Å². The van der Waals surface area contributed by atoms with Crippen molar-refractivity contribution in [2.45, 2.75) is 207 Å². The van der Waals surface area contributed by atoms with E-state index in [-0.39, 0.29) is 12.2 Å². The minimum atomic E-state index is 0.0293. The number of hydrogen-bond acceptors (Lipinski definition) is 5. The van der Waals surface area contributed by atoms with E-state index in [4.69, 9.17) is 14.2 Å². The Balaban J connectivity index is 1.20. The Hall–Kier alpha value is -1.76. The van der Waals surface area contributed by atoms with Gasteiger partial charge in [0.25, 0.3) is 0 Å². The van der Waals surface area contributed by atoms with Gasteiger partial charge in [0.05, 0.1) is 25.4 Å². The van der Waals surface area contributed by atoms with Crippen LogP contribution in [0.1, 0.15) is 191 Å². The van der Waals surface area contributed by atoms with Crippen LogP contribution in [-0.4, -0.2) is 74.6 Å². The van der Waals surface area contributed by atoms with Crippen LogP contribution in [-0.2, 0) is 40.1 Å². The molecule has 59 heavy (non-hydrogen) atoms. The molecule has 0 amide bonds. The monoisotopic (exact) mass is 817 g/mol. The van der Waals surface area contributed by atoms with Gasteiger partial charge in [-0.2, -0.15) is 0 Å². The molecule has 0 bridgehead atoms. The fraction of sp³-hybridized carbons (Fsp3) is 0.778. The molecular weight excluding hydrogens is 725 g/mol. The van der Waals surface area contributed by atoms with Crippen molar-refractivity contribution in [3.63, 3.8) is 0 Å². The number of unbranched alkanes of at least 4 members (excludes halogenated alkanes) is 18. The van der Waals surface area contributed by atoms with Gasteiger partial charge in [-0.1, -0.05) is 205 Å².